The highest BCUT2D eigenvalue weighted by Crippen LogP contribution is 2.39. The minimum atomic E-state index is -0.438. The largest absolute Gasteiger partial charge is 0.497 e. The van der Waals surface area contributed by atoms with E-state index in [0.717, 1.165) is 0 Å². The first-order valence-electron chi connectivity index (χ1n) is 10.4. The number of amides is 3. The van der Waals surface area contributed by atoms with E-state index in [9.17, 15) is 9.59 Å². The predicted molar refractivity (Wildman–Crippen MR) is 118 cm³/mol. The normalized spacial score (nSPS) is 22.9. The van der Waals surface area contributed by atoms with Gasteiger partial charge >= 0.3 is 6.03 Å². The number of nitrogens with one attached hydrogen (secondary N) is 1. The van der Waals surface area contributed by atoms with Gasteiger partial charge in [-0.15, -0.1) is 0 Å². The molecule has 5 rings (SSSR count). The molecule has 32 heavy (non-hydrogen) atoms. The number of rotatable bonds is 4. The van der Waals surface area contributed by atoms with E-state index in [2.05, 4.69) is 15.5 Å². The van der Waals surface area contributed by atoms with Gasteiger partial charge in [0.15, 0.2) is 0 Å². The molecule has 164 valence electrons. The fourth-order valence-electron chi connectivity index (χ4n) is 4.49. The summed E-state index contributed by atoms with van der Waals surface area (Å²) in [6.07, 6.45) is 1.87. The van der Waals surface area contributed by atoms with Crippen LogP contribution in [0.1, 0.15) is 31.1 Å². The van der Waals surface area contributed by atoms with Crippen molar-refractivity contribution in [2.24, 2.45) is 5.92 Å². The molecule has 0 spiro atoms. The van der Waals surface area contributed by atoms with Gasteiger partial charge < -0.3 is 14.6 Å². The summed E-state index contributed by atoms with van der Waals surface area (Å²) in [5, 5.41) is 7.62. The molecule has 3 unspecified atom stereocenters. The minimum absolute atomic E-state index is 0.0449. The van der Waals surface area contributed by atoms with Crippen molar-refractivity contribution in [2.75, 3.05) is 12.0 Å². The summed E-state index contributed by atoms with van der Waals surface area (Å²) in [5.74, 6) is 0.959. The number of anilines is 1. The van der Waals surface area contributed by atoms with Gasteiger partial charge in [-0.25, -0.2) is 9.69 Å². The molecule has 2 aromatic carbocycles. The van der Waals surface area contributed by atoms with Gasteiger partial charge in [-0.2, -0.15) is 4.98 Å². The Bertz CT molecular complexity index is 1180. The van der Waals surface area contributed by atoms with Gasteiger partial charge in [-0.3, -0.25) is 4.79 Å². The number of ether oxygens (including phenoxy) is 1. The zero-order chi connectivity index (χ0) is 22.2. The highest BCUT2D eigenvalue weighted by atomic mass is 35.5. The van der Waals surface area contributed by atoms with Crippen LogP contribution in [0.25, 0.3) is 11.4 Å². The van der Waals surface area contributed by atoms with E-state index < -0.39 is 6.03 Å². The summed E-state index contributed by atoms with van der Waals surface area (Å²) in [5.41, 5.74) is 1.20. The summed E-state index contributed by atoms with van der Waals surface area (Å²) in [4.78, 5) is 31.8. The first-order valence-corrected chi connectivity index (χ1v) is 10.8. The van der Waals surface area contributed by atoms with E-state index in [0.29, 0.717) is 53.0 Å². The lowest BCUT2D eigenvalue weighted by molar-refractivity contribution is -0.124. The molecule has 9 heteroatoms. The third-order valence-electron chi connectivity index (χ3n) is 6.12. The Morgan fingerprint density at radius 2 is 2.00 bits per heavy atom. The van der Waals surface area contributed by atoms with Gasteiger partial charge in [0, 0.05) is 23.6 Å². The second-order valence-electron chi connectivity index (χ2n) is 7.98. The number of imide groups is 1. The molecule has 1 aliphatic heterocycles. The maximum absolute atomic E-state index is 13.2. The van der Waals surface area contributed by atoms with Crippen LogP contribution in [0.3, 0.4) is 0 Å². The molecule has 3 atom stereocenters. The van der Waals surface area contributed by atoms with Crippen LogP contribution in [-0.2, 0) is 4.79 Å². The van der Waals surface area contributed by atoms with Crippen molar-refractivity contribution in [1.29, 1.82) is 0 Å². The van der Waals surface area contributed by atoms with Crippen LogP contribution >= 0.6 is 11.6 Å². The molecule has 3 amide bonds. The number of aromatic nitrogens is 2. The number of fused-ring (bicyclic) bond motifs is 1. The monoisotopic (exact) mass is 452 g/mol. The third kappa shape index (κ3) is 3.60. The third-order valence-corrected chi connectivity index (χ3v) is 6.45. The highest BCUT2D eigenvalue weighted by molar-refractivity contribution is 6.33. The molecule has 8 nitrogen and oxygen atoms in total. The van der Waals surface area contributed by atoms with Crippen molar-refractivity contribution in [3.8, 4) is 17.1 Å². The van der Waals surface area contributed by atoms with Crippen molar-refractivity contribution in [2.45, 2.75) is 31.2 Å². The number of methoxy groups -OCH3 is 1. The Labute approximate surface area is 189 Å². The molecule has 1 saturated heterocycles. The fraction of sp³-hybridized carbons (Fsp3) is 0.304. The first-order chi connectivity index (χ1) is 15.5. The Morgan fingerprint density at radius 3 is 2.81 bits per heavy atom. The summed E-state index contributed by atoms with van der Waals surface area (Å²) in [7, 11) is 1.54. The molecule has 2 aliphatic rings. The molecule has 1 saturated carbocycles. The van der Waals surface area contributed by atoms with Crippen LogP contribution in [-0.4, -0.2) is 35.2 Å². The Hall–Kier alpha value is -3.39. The molecular weight excluding hydrogens is 432 g/mol. The molecular formula is C23H21ClN4O4. The van der Waals surface area contributed by atoms with E-state index in [4.69, 9.17) is 20.9 Å². The SMILES string of the molecule is COc1cccc(N2C(=O)NC3CC(c4nc(-c5ccccc5Cl)no4)CCC3C2=O)c1. The lowest BCUT2D eigenvalue weighted by Crippen LogP contribution is -2.61. The maximum atomic E-state index is 13.2. The number of urea groups is 1. The van der Waals surface area contributed by atoms with Crippen LogP contribution < -0.4 is 15.0 Å². The predicted octanol–water partition coefficient (Wildman–Crippen LogP) is 4.41. The first kappa shape index (κ1) is 20.5. The number of hydrogen-bond donors (Lipinski definition) is 1. The second-order valence-corrected chi connectivity index (χ2v) is 8.39. The number of hydrogen-bond acceptors (Lipinski definition) is 6. The number of carbonyl (C=O) groups is 2. The molecule has 2 heterocycles. The Morgan fingerprint density at radius 1 is 1.16 bits per heavy atom. The lowest BCUT2D eigenvalue weighted by Gasteiger charge is -2.41. The van der Waals surface area contributed by atoms with Gasteiger partial charge in [0.2, 0.25) is 17.6 Å². The minimum Gasteiger partial charge on any atom is -0.497 e. The number of halogens is 1. The standard InChI is InChI=1S/C23H21ClN4O4/c1-31-15-6-4-5-14(12-15)28-22(29)17-10-9-13(11-19(17)25-23(28)30)21-26-20(27-32-21)16-7-2-3-8-18(16)24/h2-8,12-13,17,19H,9-11H2,1H3,(H,25,30). The smallest absolute Gasteiger partial charge is 0.328 e. The van der Waals surface area contributed by atoms with E-state index in [1.165, 1.54) is 4.90 Å². The molecule has 0 radical (unpaired) electrons. The number of nitrogens with zero attached hydrogens (tertiary/aromatic N) is 3. The molecule has 2 fully saturated rings. The molecule has 1 N–H and O–H groups in total. The van der Waals surface area contributed by atoms with Crippen LogP contribution in [0.4, 0.5) is 10.5 Å². The molecule has 3 aromatic rings. The van der Waals surface area contributed by atoms with Crippen LogP contribution in [0.2, 0.25) is 5.02 Å². The van der Waals surface area contributed by atoms with E-state index in [1.54, 1.807) is 37.4 Å². The molecule has 1 aromatic heterocycles. The number of benzene rings is 2. The second kappa shape index (κ2) is 8.27. The summed E-state index contributed by atoms with van der Waals surface area (Å²) in [6.45, 7) is 0. The van der Waals surface area contributed by atoms with Gasteiger partial charge in [0.1, 0.15) is 5.75 Å². The van der Waals surface area contributed by atoms with Crippen molar-refractivity contribution in [3.63, 3.8) is 0 Å². The fourth-order valence-corrected chi connectivity index (χ4v) is 4.71. The van der Waals surface area contributed by atoms with Crippen LogP contribution in [0.5, 0.6) is 5.75 Å². The van der Waals surface area contributed by atoms with E-state index in [-0.39, 0.29) is 23.8 Å². The number of carbonyl (C=O) groups excluding carboxylic acids is 2. The van der Waals surface area contributed by atoms with Gasteiger partial charge in [0.05, 0.1) is 23.7 Å². The summed E-state index contributed by atoms with van der Waals surface area (Å²) < 4.78 is 10.7. The van der Waals surface area contributed by atoms with Crippen molar-refractivity contribution < 1.29 is 18.8 Å². The van der Waals surface area contributed by atoms with Crippen molar-refractivity contribution >= 4 is 29.2 Å². The Balaban J connectivity index is 1.33. The average Bonchev–Trinajstić information content (AvgIpc) is 3.29. The van der Waals surface area contributed by atoms with Crippen molar-refractivity contribution in [3.05, 3.63) is 59.4 Å². The highest BCUT2D eigenvalue weighted by Gasteiger charge is 2.46. The lowest BCUT2D eigenvalue weighted by atomic mass is 9.76. The summed E-state index contributed by atoms with van der Waals surface area (Å²) >= 11 is 6.24. The zero-order valence-corrected chi connectivity index (χ0v) is 18.1. The molecule has 1 aliphatic carbocycles. The topological polar surface area (TPSA) is 97.6 Å². The van der Waals surface area contributed by atoms with Gasteiger partial charge in [0.25, 0.3) is 0 Å². The van der Waals surface area contributed by atoms with E-state index >= 15 is 0 Å². The van der Waals surface area contributed by atoms with Gasteiger partial charge in [-0.05, 0) is 43.5 Å². The zero-order valence-electron chi connectivity index (χ0n) is 17.3. The van der Waals surface area contributed by atoms with Crippen molar-refractivity contribution in [1.82, 2.24) is 15.5 Å². The van der Waals surface area contributed by atoms with Crippen LogP contribution in [0, 0.1) is 5.92 Å². The summed E-state index contributed by atoms with van der Waals surface area (Å²) in [6, 6.07) is 13.5. The average molecular weight is 453 g/mol. The molecule has 0 bridgehead atoms. The van der Waals surface area contributed by atoms with E-state index in [1.807, 2.05) is 18.2 Å². The van der Waals surface area contributed by atoms with Gasteiger partial charge in [-0.1, -0.05) is 35.0 Å². The maximum Gasteiger partial charge on any atom is 0.328 e. The quantitative estimate of drug-likeness (QED) is 0.629. The Kier molecular flexibility index (Phi) is 5.30. The van der Waals surface area contributed by atoms with Crippen LogP contribution in [0.15, 0.2) is 53.1 Å².